The molecule has 1 fully saturated rings. The van der Waals surface area contributed by atoms with Crippen molar-refractivity contribution >= 4 is 39.9 Å². The van der Waals surface area contributed by atoms with Crippen molar-refractivity contribution < 1.29 is 23.9 Å². The summed E-state index contributed by atoms with van der Waals surface area (Å²) in [6, 6.07) is 5.17. The lowest BCUT2D eigenvalue weighted by atomic mass is 10.2. The highest BCUT2D eigenvalue weighted by Crippen LogP contribution is 2.22. The Bertz CT molecular complexity index is 719. The summed E-state index contributed by atoms with van der Waals surface area (Å²) in [5.74, 6) is -1.34. The van der Waals surface area contributed by atoms with Gasteiger partial charge >= 0.3 is 11.8 Å². The summed E-state index contributed by atoms with van der Waals surface area (Å²) in [5, 5.41) is 6.14. The van der Waals surface area contributed by atoms with Gasteiger partial charge in [-0.05, 0) is 25.1 Å². The molecule has 0 spiro atoms. The van der Waals surface area contributed by atoms with E-state index in [2.05, 4.69) is 31.8 Å². The second-order valence-electron chi connectivity index (χ2n) is 5.52. The van der Waals surface area contributed by atoms with Crippen molar-refractivity contribution in [2.24, 2.45) is 5.10 Å². The summed E-state index contributed by atoms with van der Waals surface area (Å²) in [6.45, 7) is 4.06. The van der Waals surface area contributed by atoms with E-state index in [0.29, 0.717) is 44.2 Å². The number of morpholine rings is 1. The van der Waals surface area contributed by atoms with E-state index in [-0.39, 0.29) is 12.5 Å². The first-order valence-corrected chi connectivity index (χ1v) is 9.19. The Labute approximate surface area is 165 Å². The summed E-state index contributed by atoms with van der Waals surface area (Å²) in [5.41, 5.74) is 2.67. The highest BCUT2D eigenvalue weighted by Gasteiger charge is 2.17. The first-order chi connectivity index (χ1) is 13.0. The number of carbonyl (C=O) groups is 3. The highest BCUT2D eigenvalue weighted by atomic mass is 79.9. The van der Waals surface area contributed by atoms with E-state index in [4.69, 9.17) is 9.47 Å². The van der Waals surface area contributed by atoms with Gasteiger partial charge in [0.05, 0.1) is 19.4 Å². The standard InChI is InChI=1S/C17H21BrN4O5/c1-2-19-16(24)17(25)21-20-10-12-9-13(18)3-4-14(12)27-11-15(23)22-5-7-26-8-6-22/h3-4,9-10H,2,5-8,11H2,1H3,(H,19,24)(H,21,25)/b20-10-. The molecule has 0 bridgehead atoms. The number of halogens is 1. The summed E-state index contributed by atoms with van der Waals surface area (Å²) in [7, 11) is 0. The number of nitrogens with zero attached hydrogens (tertiary/aromatic N) is 2. The lowest BCUT2D eigenvalue weighted by Gasteiger charge is -2.26. The predicted molar refractivity (Wildman–Crippen MR) is 101 cm³/mol. The summed E-state index contributed by atoms with van der Waals surface area (Å²) >= 11 is 3.35. The monoisotopic (exact) mass is 440 g/mol. The molecule has 27 heavy (non-hydrogen) atoms. The Morgan fingerprint density at radius 2 is 2.04 bits per heavy atom. The molecule has 1 aromatic carbocycles. The fourth-order valence-electron chi connectivity index (χ4n) is 2.25. The Hall–Kier alpha value is -2.46. The first-order valence-electron chi connectivity index (χ1n) is 8.40. The van der Waals surface area contributed by atoms with Gasteiger partial charge in [0, 0.05) is 29.7 Å². The number of rotatable bonds is 6. The van der Waals surface area contributed by atoms with Crippen molar-refractivity contribution in [3.8, 4) is 5.75 Å². The average molecular weight is 441 g/mol. The zero-order valence-electron chi connectivity index (χ0n) is 14.9. The van der Waals surface area contributed by atoms with Gasteiger partial charge in [-0.2, -0.15) is 5.10 Å². The molecule has 0 aromatic heterocycles. The number of benzene rings is 1. The SMILES string of the molecule is CCNC(=O)C(=O)N/N=C\c1cc(Br)ccc1OCC(=O)N1CCOCC1. The van der Waals surface area contributed by atoms with E-state index in [1.807, 2.05) is 0 Å². The number of hydrogen-bond acceptors (Lipinski definition) is 6. The third kappa shape index (κ3) is 6.65. The minimum Gasteiger partial charge on any atom is -0.483 e. The number of amides is 3. The van der Waals surface area contributed by atoms with Crippen LogP contribution in [0.5, 0.6) is 5.75 Å². The maximum Gasteiger partial charge on any atom is 0.329 e. The van der Waals surface area contributed by atoms with Gasteiger partial charge in [0.25, 0.3) is 5.91 Å². The topological polar surface area (TPSA) is 109 Å². The maximum atomic E-state index is 12.2. The normalized spacial score (nSPS) is 14.1. The van der Waals surface area contributed by atoms with Gasteiger partial charge in [-0.3, -0.25) is 14.4 Å². The minimum atomic E-state index is -0.868. The molecule has 1 aliphatic heterocycles. The van der Waals surface area contributed by atoms with Crippen LogP contribution in [-0.2, 0) is 19.1 Å². The molecule has 146 valence electrons. The zero-order chi connectivity index (χ0) is 19.6. The molecule has 0 aliphatic carbocycles. The van der Waals surface area contributed by atoms with Gasteiger partial charge in [-0.25, -0.2) is 5.43 Å². The molecule has 2 N–H and O–H groups in total. The van der Waals surface area contributed by atoms with E-state index >= 15 is 0 Å². The van der Waals surface area contributed by atoms with Crippen LogP contribution in [0.4, 0.5) is 0 Å². The largest absolute Gasteiger partial charge is 0.483 e. The number of nitrogens with one attached hydrogen (secondary N) is 2. The van der Waals surface area contributed by atoms with Crippen molar-refractivity contribution in [1.82, 2.24) is 15.6 Å². The molecule has 1 heterocycles. The van der Waals surface area contributed by atoms with E-state index in [1.54, 1.807) is 30.0 Å². The smallest absolute Gasteiger partial charge is 0.329 e. The molecule has 2 rings (SSSR count). The van der Waals surface area contributed by atoms with Crippen LogP contribution < -0.4 is 15.5 Å². The Morgan fingerprint density at radius 3 is 2.74 bits per heavy atom. The fourth-order valence-corrected chi connectivity index (χ4v) is 2.63. The third-order valence-electron chi connectivity index (χ3n) is 3.60. The molecule has 9 nitrogen and oxygen atoms in total. The van der Waals surface area contributed by atoms with Crippen LogP contribution in [-0.4, -0.2) is 68.3 Å². The van der Waals surface area contributed by atoms with Crippen LogP contribution in [0.15, 0.2) is 27.8 Å². The zero-order valence-corrected chi connectivity index (χ0v) is 16.5. The van der Waals surface area contributed by atoms with E-state index in [0.717, 1.165) is 4.47 Å². The molecule has 1 saturated heterocycles. The van der Waals surface area contributed by atoms with Gasteiger partial charge in [0.1, 0.15) is 5.75 Å². The molecule has 3 amide bonds. The Balaban J connectivity index is 1.97. The molecule has 0 saturated carbocycles. The van der Waals surface area contributed by atoms with Gasteiger partial charge < -0.3 is 19.7 Å². The number of likely N-dealkylation sites (N-methyl/N-ethyl adjacent to an activating group) is 1. The van der Waals surface area contributed by atoms with Crippen molar-refractivity contribution in [2.75, 3.05) is 39.5 Å². The van der Waals surface area contributed by atoms with E-state index in [1.165, 1.54) is 6.21 Å². The van der Waals surface area contributed by atoms with E-state index < -0.39 is 11.8 Å². The number of hydrazone groups is 1. The summed E-state index contributed by atoms with van der Waals surface area (Å²) < 4.78 is 11.6. The second-order valence-corrected chi connectivity index (χ2v) is 6.44. The fraction of sp³-hybridized carbons (Fsp3) is 0.412. The van der Waals surface area contributed by atoms with E-state index in [9.17, 15) is 14.4 Å². The lowest BCUT2D eigenvalue weighted by molar-refractivity contribution is -0.139. The molecule has 0 radical (unpaired) electrons. The number of carbonyl (C=O) groups excluding carboxylic acids is 3. The molecule has 0 atom stereocenters. The Kier molecular flexibility index (Phi) is 8.21. The molecular weight excluding hydrogens is 420 g/mol. The highest BCUT2D eigenvalue weighted by molar-refractivity contribution is 9.10. The van der Waals surface area contributed by atoms with Crippen LogP contribution >= 0.6 is 15.9 Å². The first kappa shape index (κ1) is 20.8. The maximum absolute atomic E-state index is 12.2. The van der Waals surface area contributed by atoms with Crippen molar-refractivity contribution in [3.63, 3.8) is 0 Å². The summed E-state index contributed by atoms with van der Waals surface area (Å²) in [4.78, 5) is 36.8. The van der Waals surface area contributed by atoms with Crippen molar-refractivity contribution in [2.45, 2.75) is 6.92 Å². The quantitative estimate of drug-likeness (QED) is 0.374. The van der Waals surface area contributed by atoms with Gasteiger partial charge in [-0.15, -0.1) is 0 Å². The third-order valence-corrected chi connectivity index (χ3v) is 4.09. The Morgan fingerprint density at radius 1 is 1.30 bits per heavy atom. The lowest BCUT2D eigenvalue weighted by Crippen LogP contribution is -2.43. The van der Waals surface area contributed by atoms with Crippen LogP contribution in [0.25, 0.3) is 0 Å². The number of hydrogen-bond donors (Lipinski definition) is 2. The van der Waals surface area contributed by atoms with Gasteiger partial charge in [0.15, 0.2) is 6.61 Å². The van der Waals surface area contributed by atoms with Crippen LogP contribution in [0.1, 0.15) is 12.5 Å². The minimum absolute atomic E-state index is 0.117. The van der Waals surface area contributed by atoms with Crippen LogP contribution in [0.3, 0.4) is 0 Å². The molecular formula is C17H21BrN4O5. The van der Waals surface area contributed by atoms with Gasteiger partial charge in [-0.1, -0.05) is 15.9 Å². The molecule has 0 unspecified atom stereocenters. The van der Waals surface area contributed by atoms with Gasteiger partial charge in [0.2, 0.25) is 0 Å². The summed E-state index contributed by atoms with van der Waals surface area (Å²) in [6.07, 6.45) is 1.34. The van der Waals surface area contributed by atoms with Crippen molar-refractivity contribution in [3.05, 3.63) is 28.2 Å². The molecule has 1 aromatic rings. The van der Waals surface area contributed by atoms with Crippen molar-refractivity contribution in [1.29, 1.82) is 0 Å². The second kappa shape index (κ2) is 10.6. The van der Waals surface area contributed by atoms with Crippen LogP contribution in [0.2, 0.25) is 0 Å². The van der Waals surface area contributed by atoms with Crippen LogP contribution in [0, 0.1) is 0 Å². The molecule has 1 aliphatic rings. The number of ether oxygens (including phenoxy) is 2. The predicted octanol–water partition coefficient (Wildman–Crippen LogP) is 0.273. The molecule has 10 heteroatoms. The average Bonchev–Trinajstić information content (AvgIpc) is 2.68.